The summed E-state index contributed by atoms with van der Waals surface area (Å²) in [5, 5.41) is 0. The molecule has 17 heavy (non-hydrogen) atoms. The molecule has 0 fully saturated rings. The van der Waals surface area contributed by atoms with Crippen molar-refractivity contribution in [1.82, 2.24) is 4.90 Å². The molecule has 0 saturated carbocycles. The Balaban J connectivity index is 2.57. The number of benzene rings is 1. The van der Waals surface area contributed by atoms with Crippen LogP contribution in [0.1, 0.15) is 6.92 Å². The lowest BCUT2D eigenvalue weighted by Gasteiger charge is -2.12. The van der Waals surface area contributed by atoms with Crippen LogP contribution >= 0.6 is 0 Å². The van der Waals surface area contributed by atoms with Gasteiger partial charge in [0.1, 0.15) is 11.6 Å². The van der Waals surface area contributed by atoms with Crippen LogP contribution in [0.4, 0.5) is 4.39 Å². The van der Waals surface area contributed by atoms with E-state index >= 15 is 0 Å². The van der Waals surface area contributed by atoms with Crippen LogP contribution in [0, 0.1) is 5.82 Å². The van der Waals surface area contributed by atoms with Crippen molar-refractivity contribution in [1.29, 1.82) is 0 Å². The Kier molecular flexibility index (Phi) is 4.69. The second-order valence-corrected chi connectivity index (χ2v) is 3.90. The Bertz CT molecular complexity index is 398. The molecule has 3 nitrogen and oxygen atoms in total. The number of nitrogens with zero attached hydrogens (tertiary/aromatic N) is 1. The normalized spacial score (nSPS) is 12.5. The van der Waals surface area contributed by atoms with E-state index in [1.54, 1.807) is 18.0 Å². The number of rotatable bonds is 5. The minimum Gasteiger partial charge on any atom is -0.483 e. The Morgan fingerprint density at radius 1 is 1.35 bits per heavy atom. The first-order chi connectivity index (χ1) is 7.99. The van der Waals surface area contributed by atoms with E-state index in [1.807, 2.05) is 14.1 Å². The lowest BCUT2D eigenvalue weighted by Crippen LogP contribution is -2.22. The first-order valence-corrected chi connectivity index (χ1v) is 5.29. The molecule has 4 heteroatoms. The average molecular weight is 237 g/mol. The Morgan fingerprint density at radius 2 is 1.94 bits per heavy atom. The van der Waals surface area contributed by atoms with Crippen molar-refractivity contribution in [3.8, 4) is 5.75 Å². The van der Waals surface area contributed by atoms with Crippen molar-refractivity contribution in [3.63, 3.8) is 0 Å². The highest BCUT2D eigenvalue weighted by Gasteiger charge is 2.11. The summed E-state index contributed by atoms with van der Waals surface area (Å²) < 4.78 is 18.0. The lowest BCUT2D eigenvalue weighted by molar-refractivity contribution is -0.120. The topological polar surface area (TPSA) is 29.5 Å². The maximum Gasteiger partial charge on any atom is 0.197 e. The zero-order chi connectivity index (χ0) is 12.8. The zero-order valence-corrected chi connectivity index (χ0v) is 10.2. The second-order valence-electron chi connectivity index (χ2n) is 3.90. The maximum absolute atomic E-state index is 12.7. The standard InChI is InChI=1S/C13H16FNO2/c1-10(13(16)8-9-15(2)3)17-12-6-4-11(14)5-7-12/h4-10H,1-3H3/b9-8-/t10-/m0/s1. The minimum atomic E-state index is -0.586. The molecule has 0 N–H and O–H groups in total. The molecule has 0 aliphatic carbocycles. The van der Waals surface area contributed by atoms with Crippen molar-refractivity contribution in [2.24, 2.45) is 0 Å². The van der Waals surface area contributed by atoms with Crippen LogP contribution in [0.25, 0.3) is 0 Å². The smallest absolute Gasteiger partial charge is 0.197 e. The largest absolute Gasteiger partial charge is 0.483 e. The number of carbonyl (C=O) groups excluding carboxylic acids is 1. The lowest BCUT2D eigenvalue weighted by atomic mass is 10.2. The van der Waals surface area contributed by atoms with E-state index in [0.29, 0.717) is 5.75 Å². The van der Waals surface area contributed by atoms with E-state index in [9.17, 15) is 9.18 Å². The zero-order valence-electron chi connectivity index (χ0n) is 10.2. The summed E-state index contributed by atoms with van der Waals surface area (Å²) in [6, 6.07) is 5.58. The monoisotopic (exact) mass is 237 g/mol. The summed E-state index contributed by atoms with van der Waals surface area (Å²) in [5.74, 6) is 0.0114. The van der Waals surface area contributed by atoms with Gasteiger partial charge >= 0.3 is 0 Å². The first kappa shape index (κ1) is 13.2. The molecule has 0 radical (unpaired) electrons. The first-order valence-electron chi connectivity index (χ1n) is 5.29. The van der Waals surface area contributed by atoms with E-state index in [2.05, 4.69) is 0 Å². The highest BCUT2D eigenvalue weighted by atomic mass is 19.1. The number of ketones is 1. The van der Waals surface area contributed by atoms with Gasteiger partial charge in [0, 0.05) is 26.4 Å². The van der Waals surface area contributed by atoms with Crippen molar-refractivity contribution in [3.05, 3.63) is 42.4 Å². The summed E-state index contributed by atoms with van der Waals surface area (Å²) in [6.45, 7) is 1.66. The van der Waals surface area contributed by atoms with Gasteiger partial charge in [0.05, 0.1) is 0 Å². The average Bonchev–Trinajstić information content (AvgIpc) is 2.28. The van der Waals surface area contributed by atoms with Crippen molar-refractivity contribution >= 4 is 5.78 Å². The molecule has 0 saturated heterocycles. The van der Waals surface area contributed by atoms with Gasteiger partial charge in [-0.15, -0.1) is 0 Å². The molecule has 0 spiro atoms. The molecule has 0 bridgehead atoms. The second kappa shape index (κ2) is 6.03. The number of hydrogen-bond donors (Lipinski definition) is 0. The van der Waals surface area contributed by atoms with E-state index < -0.39 is 6.10 Å². The number of halogens is 1. The molecule has 92 valence electrons. The molecule has 0 unspecified atom stereocenters. The molecule has 1 atom stereocenters. The Morgan fingerprint density at radius 3 is 2.47 bits per heavy atom. The van der Waals surface area contributed by atoms with Crippen LogP contribution in [0.15, 0.2) is 36.5 Å². The highest BCUT2D eigenvalue weighted by Crippen LogP contribution is 2.13. The summed E-state index contributed by atoms with van der Waals surface area (Å²) in [6.07, 6.45) is 2.53. The number of hydrogen-bond acceptors (Lipinski definition) is 3. The molecule has 1 rings (SSSR count). The third-order valence-corrected chi connectivity index (χ3v) is 2.06. The van der Waals surface area contributed by atoms with Crippen LogP contribution in [0.2, 0.25) is 0 Å². The molecule has 0 aliphatic rings. The summed E-state index contributed by atoms with van der Waals surface area (Å²) in [7, 11) is 3.66. The molecule has 1 aromatic carbocycles. The van der Waals surface area contributed by atoms with Crippen LogP contribution in [0.3, 0.4) is 0 Å². The summed E-state index contributed by atoms with van der Waals surface area (Å²) >= 11 is 0. The molecule has 0 amide bonds. The molecular weight excluding hydrogens is 221 g/mol. The van der Waals surface area contributed by atoms with Gasteiger partial charge in [-0.05, 0) is 31.2 Å². The maximum atomic E-state index is 12.7. The third-order valence-electron chi connectivity index (χ3n) is 2.06. The van der Waals surface area contributed by atoms with E-state index in [-0.39, 0.29) is 11.6 Å². The van der Waals surface area contributed by atoms with Crippen LogP contribution < -0.4 is 4.74 Å². The summed E-state index contributed by atoms with van der Waals surface area (Å²) in [5.41, 5.74) is 0. The van der Waals surface area contributed by atoms with Gasteiger partial charge in [0.2, 0.25) is 0 Å². The van der Waals surface area contributed by atoms with Crippen LogP contribution in [0.5, 0.6) is 5.75 Å². The Hall–Kier alpha value is -1.84. The number of carbonyl (C=O) groups is 1. The van der Waals surface area contributed by atoms with E-state index in [1.165, 1.54) is 30.3 Å². The quantitative estimate of drug-likeness (QED) is 0.735. The molecule has 0 heterocycles. The van der Waals surface area contributed by atoms with Gasteiger partial charge in [-0.2, -0.15) is 0 Å². The Labute approximate surface area is 100 Å². The van der Waals surface area contributed by atoms with Gasteiger partial charge < -0.3 is 9.64 Å². The predicted molar refractivity (Wildman–Crippen MR) is 64.3 cm³/mol. The predicted octanol–water partition coefficient (Wildman–Crippen LogP) is 2.24. The molecule has 0 aromatic heterocycles. The van der Waals surface area contributed by atoms with Crippen molar-refractivity contribution in [2.45, 2.75) is 13.0 Å². The van der Waals surface area contributed by atoms with Crippen molar-refractivity contribution < 1.29 is 13.9 Å². The molecule has 1 aromatic rings. The number of ether oxygens (including phenoxy) is 1. The molecular formula is C13H16FNO2. The van der Waals surface area contributed by atoms with Gasteiger partial charge in [0.25, 0.3) is 0 Å². The van der Waals surface area contributed by atoms with Crippen LogP contribution in [-0.2, 0) is 4.79 Å². The van der Waals surface area contributed by atoms with Gasteiger partial charge in [-0.3, -0.25) is 4.79 Å². The SMILES string of the molecule is C[C@H](Oc1ccc(F)cc1)C(=O)/C=C\N(C)C. The summed E-state index contributed by atoms with van der Waals surface area (Å²) in [4.78, 5) is 13.4. The van der Waals surface area contributed by atoms with Gasteiger partial charge in [0.15, 0.2) is 11.9 Å². The van der Waals surface area contributed by atoms with Gasteiger partial charge in [-0.25, -0.2) is 4.39 Å². The third kappa shape index (κ3) is 4.68. The fourth-order valence-electron chi connectivity index (χ4n) is 1.13. The highest BCUT2D eigenvalue weighted by molar-refractivity contribution is 5.93. The minimum absolute atomic E-state index is 0.136. The van der Waals surface area contributed by atoms with E-state index in [0.717, 1.165) is 0 Å². The fourth-order valence-corrected chi connectivity index (χ4v) is 1.13. The van der Waals surface area contributed by atoms with Gasteiger partial charge in [-0.1, -0.05) is 0 Å². The van der Waals surface area contributed by atoms with E-state index in [4.69, 9.17) is 4.74 Å². The van der Waals surface area contributed by atoms with Crippen molar-refractivity contribution in [2.75, 3.05) is 14.1 Å². The molecule has 0 aliphatic heterocycles. The van der Waals surface area contributed by atoms with Crippen LogP contribution in [-0.4, -0.2) is 30.9 Å². The fraction of sp³-hybridized carbons (Fsp3) is 0.308.